The van der Waals surface area contributed by atoms with Crippen LogP contribution < -0.4 is 51.4 Å². The number of unbranched alkanes of at least 4 members (excludes halogenated alkanes) is 2. The summed E-state index contributed by atoms with van der Waals surface area (Å²) in [6, 6.07) is 9.01. The van der Waals surface area contributed by atoms with Gasteiger partial charge in [-0.25, -0.2) is 8.42 Å². The molecule has 0 heterocycles. The Labute approximate surface area is 182 Å². The standard InChI is InChI=1S/C18H24O3S.K/c1-3-5-7-14-9-10-15(8-6-4-2)18-13-16(22(19,20)21)11-12-17(14)18;/h9-13H,3-8H2,1-2H3,(H,19,20,21);/q;+1/p-1. The van der Waals surface area contributed by atoms with E-state index in [4.69, 9.17) is 0 Å². The molecule has 0 amide bonds. The van der Waals surface area contributed by atoms with Crippen molar-refractivity contribution < 1.29 is 64.4 Å². The normalized spacial score (nSPS) is 11.4. The molecule has 120 valence electrons. The minimum atomic E-state index is -4.41. The van der Waals surface area contributed by atoms with Crippen LogP contribution in [0.15, 0.2) is 35.2 Å². The van der Waals surface area contributed by atoms with Crippen molar-refractivity contribution in [2.24, 2.45) is 0 Å². The van der Waals surface area contributed by atoms with Gasteiger partial charge in [0.25, 0.3) is 0 Å². The summed E-state index contributed by atoms with van der Waals surface area (Å²) < 4.78 is 33.9. The number of hydrogen-bond donors (Lipinski definition) is 0. The van der Waals surface area contributed by atoms with E-state index in [0.717, 1.165) is 54.9 Å². The Bertz CT molecular complexity index is 754. The van der Waals surface area contributed by atoms with Gasteiger partial charge in [0, 0.05) is 0 Å². The second kappa shape index (κ2) is 9.66. The first kappa shape index (κ1) is 21.3. The molecule has 0 atom stereocenters. The number of benzene rings is 2. The maximum absolute atomic E-state index is 11.3. The molecule has 0 saturated carbocycles. The van der Waals surface area contributed by atoms with E-state index in [-0.39, 0.29) is 56.3 Å². The molecule has 0 bridgehead atoms. The number of rotatable bonds is 7. The molecule has 2 aromatic carbocycles. The smallest absolute Gasteiger partial charge is 0.744 e. The van der Waals surface area contributed by atoms with Gasteiger partial charge in [-0.05, 0) is 59.7 Å². The maximum Gasteiger partial charge on any atom is 1.00 e. The molecule has 0 aliphatic rings. The molecule has 0 spiro atoms. The minimum absolute atomic E-state index is 0. The number of aryl methyl sites for hydroxylation is 2. The zero-order valence-electron chi connectivity index (χ0n) is 14.3. The summed E-state index contributed by atoms with van der Waals surface area (Å²) in [6.45, 7) is 4.28. The Morgan fingerprint density at radius 2 is 1.39 bits per heavy atom. The molecule has 0 aliphatic carbocycles. The van der Waals surface area contributed by atoms with Crippen LogP contribution >= 0.6 is 0 Å². The van der Waals surface area contributed by atoms with E-state index in [1.54, 1.807) is 12.1 Å². The molecule has 0 aromatic heterocycles. The van der Waals surface area contributed by atoms with Gasteiger partial charge in [0.1, 0.15) is 10.1 Å². The molecule has 2 aromatic rings. The molecule has 0 radical (unpaired) electrons. The molecular weight excluding hydrogens is 335 g/mol. The second-order valence-electron chi connectivity index (χ2n) is 5.75. The Balaban J connectivity index is 0.00000264. The third-order valence-corrected chi connectivity index (χ3v) is 4.89. The Kier molecular flexibility index (Phi) is 8.94. The van der Waals surface area contributed by atoms with Gasteiger partial charge in [-0.2, -0.15) is 0 Å². The molecule has 0 N–H and O–H groups in total. The number of fused-ring (bicyclic) bond motifs is 1. The van der Waals surface area contributed by atoms with E-state index in [1.165, 1.54) is 11.6 Å². The molecule has 5 heteroatoms. The van der Waals surface area contributed by atoms with Crippen molar-refractivity contribution in [2.45, 2.75) is 57.3 Å². The van der Waals surface area contributed by atoms with E-state index in [9.17, 15) is 13.0 Å². The first-order valence-electron chi connectivity index (χ1n) is 7.97. The van der Waals surface area contributed by atoms with Crippen molar-refractivity contribution in [2.75, 3.05) is 0 Å². The van der Waals surface area contributed by atoms with Crippen molar-refractivity contribution in [3.63, 3.8) is 0 Å². The van der Waals surface area contributed by atoms with Crippen molar-refractivity contribution >= 4 is 20.9 Å². The van der Waals surface area contributed by atoms with Crippen molar-refractivity contribution in [3.05, 3.63) is 41.5 Å². The van der Waals surface area contributed by atoms with Crippen LogP contribution in [0.2, 0.25) is 0 Å². The Morgan fingerprint density at radius 3 is 1.87 bits per heavy atom. The van der Waals surface area contributed by atoms with Gasteiger partial charge in [0.2, 0.25) is 0 Å². The van der Waals surface area contributed by atoms with E-state index in [2.05, 4.69) is 26.0 Å². The van der Waals surface area contributed by atoms with E-state index < -0.39 is 10.1 Å². The minimum Gasteiger partial charge on any atom is -0.744 e. The van der Waals surface area contributed by atoms with Gasteiger partial charge in [-0.3, -0.25) is 0 Å². The van der Waals surface area contributed by atoms with Gasteiger partial charge in [0.05, 0.1) is 4.90 Å². The monoisotopic (exact) mass is 358 g/mol. The van der Waals surface area contributed by atoms with Crippen molar-refractivity contribution in [1.29, 1.82) is 0 Å². The summed E-state index contributed by atoms with van der Waals surface area (Å²) in [7, 11) is -4.41. The molecule has 23 heavy (non-hydrogen) atoms. The fourth-order valence-corrected chi connectivity index (χ4v) is 3.27. The van der Waals surface area contributed by atoms with Gasteiger partial charge >= 0.3 is 51.4 Å². The fourth-order valence-electron chi connectivity index (χ4n) is 2.78. The van der Waals surface area contributed by atoms with Gasteiger partial charge < -0.3 is 4.55 Å². The van der Waals surface area contributed by atoms with Crippen LogP contribution in [0.5, 0.6) is 0 Å². The van der Waals surface area contributed by atoms with Gasteiger partial charge in [-0.1, -0.05) is 44.9 Å². The average molecular weight is 359 g/mol. The molecule has 2 rings (SSSR count). The fraction of sp³-hybridized carbons (Fsp3) is 0.444. The second-order valence-corrected chi connectivity index (χ2v) is 7.13. The summed E-state index contributed by atoms with van der Waals surface area (Å²) in [5.41, 5.74) is 2.36. The molecular formula is C18H23KO3S. The van der Waals surface area contributed by atoms with Crippen LogP contribution in [-0.2, 0) is 23.0 Å². The summed E-state index contributed by atoms with van der Waals surface area (Å²) in [5.74, 6) is 0. The van der Waals surface area contributed by atoms with Crippen LogP contribution in [-0.4, -0.2) is 13.0 Å². The zero-order chi connectivity index (χ0) is 16.2. The van der Waals surface area contributed by atoms with Gasteiger partial charge in [0.15, 0.2) is 0 Å². The Hall–Kier alpha value is 0.246. The van der Waals surface area contributed by atoms with Crippen LogP contribution in [0.4, 0.5) is 0 Å². The molecule has 0 aliphatic heterocycles. The van der Waals surface area contributed by atoms with E-state index >= 15 is 0 Å². The van der Waals surface area contributed by atoms with Crippen LogP contribution in [0.1, 0.15) is 50.7 Å². The van der Waals surface area contributed by atoms with E-state index in [1.807, 2.05) is 0 Å². The molecule has 0 fully saturated rings. The number of hydrogen-bond acceptors (Lipinski definition) is 3. The van der Waals surface area contributed by atoms with Crippen molar-refractivity contribution in [1.82, 2.24) is 0 Å². The summed E-state index contributed by atoms with van der Waals surface area (Å²) in [5, 5.41) is 1.99. The van der Waals surface area contributed by atoms with Gasteiger partial charge in [-0.15, -0.1) is 0 Å². The van der Waals surface area contributed by atoms with E-state index in [0.29, 0.717) is 0 Å². The third kappa shape index (κ3) is 5.63. The predicted molar refractivity (Wildman–Crippen MR) is 89.1 cm³/mol. The largest absolute Gasteiger partial charge is 1.00 e. The quantitative estimate of drug-likeness (QED) is 0.556. The first-order valence-corrected chi connectivity index (χ1v) is 9.38. The van der Waals surface area contributed by atoms with Crippen LogP contribution in [0, 0.1) is 0 Å². The first-order chi connectivity index (χ1) is 10.5. The van der Waals surface area contributed by atoms with Crippen LogP contribution in [0.3, 0.4) is 0 Å². The summed E-state index contributed by atoms with van der Waals surface area (Å²) in [6.07, 6.45) is 6.24. The van der Waals surface area contributed by atoms with Crippen LogP contribution in [0.25, 0.3) is 10.8 Å². The molecule has 3 nitrogen and oxygen atoms in total. The zero-order valence-corrected chi connectivity index (χ0v) is 18.2. The SMILES string of the molecule is CCCCc1ccc(CCCC)c2cc(S(=O)(=O)[O-])ccc12.[K+]. The maximum atomic E-state index is 11.3. The molecule has 0 unspecified atom stereocenters. The van der Waals surface area contributed by atoms with Crippen molar-refractivity contribution in [3.8, 4) is 0 Å². The predicted octanol–water partition coefficient (Wildman–Crippen LogP) is 1.43. The third-order valence-electron chi connectivity index (χ3n) is 4.06. The molecule has 0 saturated heterocycles. The summed E-state index contributed by atoms with van der Waals surface area (Å²) >= 11 is 0. The Morgan fingerprint density at radius 1 is 0.870 bits per heavy atom. The average Bonchev–Trinajstić information content (AvgIpc) is 2.49. The topological polar surface area (TPSA) is 57.2 Å². The summed E-state index contributed by atoms with van der Waals surface area (Å²) in [4.78, 5) is -0.134.